The van der Waals surface area contributed by atoms with Crippen LogP contribution >= 0.6 is 23.2 Å². The van der Waals surface area contributed by atoms with Crippen LogP contribution in [0.15, 0.2) is 23.8 Å². The molecule has 0 radical (unpaired) electrons. The van der Waals surface area contributed by atoms with Crippen molar-refractivity contribution in [3.05, 3.63) is 23.8 Å². The number of hydrogen-bond donors (Lipinski definition) is 1. The van der Waals surface area contributed by atoms with Gasteiger partial charge in [-0.2, -0.15) is 0 Å². The molecule has 0 aromatic heterocycles. The molecular weight excluding hydrogens is 371 g/mol. The van der Waals surface area contributed by atoms with Crippen molar-refractivity contribution in [3.63, 3.8) is 0 Å². The van der Waals surface area contributed by atoms with Crippen LogP contribution in [0.25, 0.3) is 0 Å². The lowest BCUT2D eigenvalue weighted by molar-refractivity contribution is -0.156. The van der Waals surface area contributed by atoms with E-state index in [0.717, 1.165) is 24.8 Å². The number of ketones is 2. The van der Waals surface area contributed by atoms with Crippen LogP contribution < -0.4 is 0 Å². The lowest BCUT2D eigenvalue weighted by Crippen LogP contribution is -2.67. The summed E-state index contributed by atoms with van der Waals surface area (Å²) in [7, 11) is 0. The molecule has 0 saturated heterocycles. The second kappa shape index (κ2) is 5.46. The van der Waals surface area contributed by atoms with Gasteiger partial charge in [-0.15, -0.1) is 23.2 Å². The highest BCUT2D eigenvalue weighted by Gasteiger charge is 2.72. The predicted octanol–water partition coefficient (Wildman–Crippen LogP) is 4.19. The number of carbonyl (C=O) groups is 2. The Bertz CT molecular complexity index is 758. The third-order valence-corrected chi connectivity index (χ3v) is 9.88. The molecule has 3 saturated carbocycles. The second-order valence-electron chi connectivity index (χ2n) is 9.17. The number of allylic oxidation sites excluding steroid dienone is 4. The number of aliphatic hydroxyl groups is 1. The van der Waals surface area contributed by atoms with Crippen molar-refractivity contribution >= 4 is 34.8 Å². The highest BCUT2D eigenvalue weighted by molar-refractivity contribution is 6.34. The Hall–Kier alpha value is -0.640. The van der Waals surface area contributed by atoms with Crippen LogP contribution in [-0.4, -0.2) is 32.5 Å². The van der Waals surface area contributed by atoms with Crippen molar-refractivity contribution in [2.45, 2.75) is 68.7 Å². The molecule has 0 aliphatic heterocycles. The molecule has 0 amide bonds. The Kier molecular flexibility index (Phi) is 3.93. The number of fused-ring (bicyclic) bond motifs is 5. The third-order valence-electron chi connectivity index (χ3n) is 8.33. The van der Waals surface area contributed by atoms with Gasteiger partial charge in [0, 0.05) is 10.8 Å². The smallest absolute Gasteiger partial charge is 0.178 e. The maximum absolute atomic E-state index is 12.3. The average Bonchev–Trinajstić information content (AvgIpc) is 2.83. The summed E-state index contributed by atoms with van der Waals surface area (Å²) in [4.78, 5) is 23.5. The fraction of sp³-hybridized carbons (Fsp3) is 0.714. The summed E-state index contributed by atoms with van der Waals surface area (Å²) in [6.45, 7) is 5.59. The second-order valence-corrected chi connectivity index (χ2v) is 10.3. The van der Waals surface area contributed by atoms with E-state index >= 15 is 0 Å². The maximum Gasteiger partial charge on any atom is 0.178 e. The SMILES string of the molecule is CC(=O)[C@@]1(O)CCC2C3CCC4=CC(=O)C=C[C@]4(C)[C@@]3(Cl)[C@@H](Cl)C[C@@]21C. The highest BCUT2D eigenvalue weighted by Crippen LogP contribution is 2.71. The van der Waals surface area contributed by atoms with Gasteiger partial charge < -0.3 is 5.11 Å². The first-order valence-corrected chi connectivity index (χ1v) is 10.3. The van der Waals surface area contributed by atoms with E-state index in [1.807, 2.05) is 13.0 Å². The molecule has 7 atom stereocenters. The van der Waals surface area contributed by atoms with E-state index in [9.17, 15) is 14.7 Å². The lowest BCUT2D eigenvalue weighted by atomic mass is 9.46. The van der Waals surface area contributed by atoms with Gasteiger partial charge in [0.15, 0.2) is 11.6 Å². The Morgan fingerprint density at radius 1 is 1.27 bits per heavy atom. The monoisotopic (exact) mass is 396 g/mol. The van der Waals surface area contributed by atoms with E-state index in [0.29, 0.717) is 12.8 Å². The molecule has 26 heavy (non-hydrogen) atoms. The minimum absolute atomic E-state index is 0.00906. The molecule has 4 aliphatic carbocycles. The van der Waals surface area contributed by atoms with Gasteiger partial charge in [0.05, 0.1) is 10.3 Å². The molecule has 5 heteroatoms. The van der Waals surface area contributed by atoms with Crippen LogP contribution in [0, 0.1) is 22.7 Å². The zero-order valence-electron chi connectivity index (χ0n) is 15.5. The quantitative estimate of drug-likeness (QED) is 0.675. The molecule has 142 valence electrons. The normalized spacial score (nSPS) is 52.8. The van der Waals surface area contributed by atoms with Crippen LogP contribution in [0.3, 0.4) is 0 Å². The van der Waals surface area contributed by atoms with Gasteiger partial charge >= 0.3 is 0 Å². The van der Waals surface area contributed by atoms with Crippen molar-refractivity contribution in [3.8, 4) is 0 Å². The van der Waals surface area contributed by atoms with E-state index in [2.05, 4.69) is 6.92 Å². The minimum Gasteiger partial charge on any atom is -0.382 e. The zero-order valence-corrected chi connectivity index (χ0v) is 17.0. The summed E-state index contributed by atoms with van der Waals surface area (Å²) < 4.78 is 0. The van der Waals surface area contributed by atoms with Gasteiger partial charge in [-0.05, 0) is 63.0 Å². The molecule has 0 spiro atoms. The zero-order chi connectivity index (χ0) is 19.1. The molecule has 2 unspecified atom stereocenters. The Morgan fingerprint density at radius 3 is 2.62 bits per heavy atom. The highest BCUT2D eigenvalue weighted by atomic mass is 35.5. The van der Waals surface area contributed by atoms with Crippen molar-refractivity contribution in [1.29, 1.82) is 0 Å². The molecule has 0 aromatic carbocycles. The average molecular weight is 397 g/mol. The number of Topliss-reactive ketones (excluding diaryl/α,β-unsaturated/α-hetero) is 1. The van der Waals surface area contributed by atoms with Crippen LogP contribution in [0.1, 0.15) is 52.9 Å². The summed E-state index contributed by atoms with van der Waals surface area (Å²) in [5.41, 5.74) is -1.29. The summed E-state index contributed by atoms with van der Waals surface area (Å²) in [6.07, 6.45) is 8.67. The van der Waals surface area contributed by atoms with Crippen molar-refractivity contribution < 1.29 is 14.7 Å². The van der Waals surface area contributed by atoms with Gasteiger partial charge in [-0.3, -0.25) is 9.59 Å². The third kappa shape index (κ3) is 1.95. The Labute approximate surface area is 164 Å². The number of halogens is 2. The molecule has 0 bridgehead atoms. The molecule has 4 aliphatic rings. The van der Waals surface area contributed by atoms with Gasteiger partial charge in [0.2, 0.25) is 0 Å². The molecule has 3 fully saturated rings. The number of alkyl halides is 2. The summed E-state index contributed by atoms with van der Waals surface area (Å²) in [6, 6.07) is 0. The molecular formula is C21H26Cl2O3. The number of hydrogen-bond acceptors (Lipinski definition) is 3. The van der Waals surface area contributed by atoms with E-state index in [4.69, 9.17) is 23.2 Å². The van der Waals surface area contributed by atoms with Gasteiger partial charge in [0.25, 0.3) is 0 Å². The summed E-state index contributed by atoms with van der Waals surface area (Å²) in [5.74, 6) is 0.0843. The van der Waals surface area contributed by atoms with Crippen molar-refractivity contribution in [2.75, 3.05) is 0 Å². The first-order chi connectivity index (χ1) is 12.0. The fourth-order valence-electron chi connectivity index (χ4n) is 6.73. The molecule has 4 rings (SSSR count). The summed E-state index contributed by atoms with van der Waals surface area (Å²) in [5, 5.41) is 10.8. The van der Waals surface area contributed by atoms with Gasteiger partial charge in [-0.1, -0.05) is 25.5 Å². The standard InChI is InChI=1S/C21H26Cl2O3/c1-12(24)20(26)9-7-15-16-5-4-13-10-14(25)6-8-18(13,2)21(16,23)17(22)11-19(15,20)3/h6,8,10,15-17,26H,4-5,7,9,11H2,1-3H3/t15?,16?,17-,18-,19-,20-,21-/m0/s1. The Morgan fingerprint density at radius 2 is 1.96 bits per heavy atom. The topological polar surface area (TPSA) is 54.4 Å². The van der Waals surface area contributed by atoms with Gasteiger partial charge in [-0.25, -0.2) is 0 Å². The molecule has 0 heterocycles. The van der Waals surface area contributed by atoms with E-state index < -0.39 is 26.7 Å². The van der Waals surface area contributed by atoms with Crippen LogP contribution in [0.4, 0.5) is 0 Å². The van der Waals surface area contributed by atoms with Crippen LogP contribution in [-0.2, 0) is 9.59 Å². The fourth-order valence-corrected chi connectivity index (χ4v) is 7.96. The van der Waals surface area contributed by atoms with Crippen molar-refractivity contribution in [1.82, 2.24) is 0 Å². The Balaban J connectivity index is 1.83. The maximum atomic E-state index is 12.3. The van der Waals surface area contributed by atoms with E-state index in [1.54, 1.807) is 12.2 Å². The van der Waals surface area contributed by atoms with Crippen LogP contribution in [0.5, 0.6) is 0 Å². The van der Waals surface area contributed by atoms with Gasteiger partial charge in [0.1, 0.15) is 5.60 Å². The predicted molar refractivity (Wildman–Crippen MR) is 102 cm³/mol. The number of rotatable bonds is 1. The first kappa shape index (κ1) is 18.7. The molecule has 0 aromatic rings. The first-order valence-electron chi connectivity index (χ1n) is 9.51. The molecule has 1 N–H and O–H groups in total. The van der Waals surface area contributed by atoms with Crippen molar-refractivity contribution in [2.24, 2.45) is 22.7 Å². The molecule has 3 nitrogen and oxygen atoms in total. The number of carbonyl (C=O) groups excluding carboxylic acids is 2. The summed E-state index contributed by atoms with van der Waals surface area (Å²) >= 11 is 14.4. The van der Waals surface area contributed by atoms with Crippen LogP contribution in [0.2, 0.25) is 0 Å². The van der Waals surface area contributed by atoms with E-state index in [1.165, 1.54) is 6.92 Å². The largest absolute Gasteiger partial charge is 0.382 e. The minimum atomic E-state index is -1.32. The van der Waals surface area contributed by atoms with E-state index in [-0.39, 0.29) is 23.4 Å². The lowest BCUT2D eigenvalue weighted by Gasteiger charge is -2.63.